The Labute approximate surface area is 317 Å². The third-order valence-corrected chi connectivity index (χ3v) is 11.1. The zero-order valence-electron chi connectivity index (χ0n) is 29.5. The number of nitrogens with one attached hydrogen (secondary N) is 1. The molecule has 3 saturated carbocycles. The van der Waals surface area contributed by atoms with E-state index in [0.29, 0.717) is 31.5 Å². The molecule has 4 aliphatic rings. The summed E-state index contributed by atoms with van der Waals surface area (Å²) in [6.45, 7) is 5.54. The molecule has 1 atom stereocenters. The molecule has 54 heavy (non-hydrogen) atoms. The summed E-state index contributed by atoms with van der Waals surface area (Å²) >= 11 is 0. The molecule has 4 aromatic rings. The van der Waals surface area contributed by atoms with Crippen LogP contribution in [0.5, 0.6) is 0 Å². The van der Waals surface area contributed by atoms with Gasteiger partial charge in [-0.15, -0.1) is 12.4 Å². The van der Waals surface area contributed by atoms with Gasteiger partial charge in [-0.1, -0.05) is 25.6 Å². The number of nitrogen functional groups attached to an aromatic ring is 1. The van der Waals surface area contributed by atoms with Gasteiger partial charge in [0.1, 0.15) is 29.1 Å². The van der Waals surface area contributed by atoms with E-state index >= 15 is 0 Å². The van der Waals surface area contributed by atoms with Crippen LogP contribution in [0.4, 0.5) is 11.4 Å². The molecule has 17 heteroatoms. The number of aromatic nitrogens is 3. The fourth-order valence-corrected chi connectivity index (χ4v) is 7.81. The fourth-order valence-electron chi connectivity index (χ4n) is 7.81. The number of carbonyl (C=O) groups excluding carboxylic acids is 3. The summed E-state index contributed by atoms with van der Waals surface area (Å²) < 4.78 is 6.29. The molecule has 3 fully saturated rings. The number of hydrogen-bond acceptors (Lipinski definition) is 12. The largest absolute Gasteiger partial charge is 0.477 e. The number of halogens is 1. The maximum absolute atomic E-state index is 12.8. The minimum Gasteiger partial charge on any atom is -0.477 e. The zero-order chi connectivity index (χ0) is 37.5. The summed E-state index contributed by atoms with van der Waals surface area (Å²) in [6.07, 6.45) is 8.00. The molecule has 0 saturated heterocycles. The van der Waals surface area contributed by atoms with Crippen LogP contribution in [0.25, 0.3) is 5.65 Å². The van der Waals surface area contributed by atoms with Crippen molar-refractivity contribution in [3.63, 3.8) is 0 Å². The first kappa shape index (κ1) is 41.4. The molecular weight excluding hydrogens is 720 g/mol. The number of carboxylic acid groups (broad SMARTS) is 1. The van der Waals surface area contributed by atoms with Crippen molar-refractivity contribution in [3.05, 3.63) is 84.8 Å². The van der Waals surface area contributed by atoms with Gasteiger partial charge in [0, 0.05) is 31.7 Å². The van der Waals surface area contributed by atoms with Gasteiger partial charge < -0.3 is 37.3 Å². The van der Waals surface area contributed by atoms with E-state index in [1.807, 2.05) is 25.1 Å². The summed E-state index contributed by atoms with van der Waals surface area (Å²) in [4.78, 5) is 81.1. The number of fused-ring (bicyclic) bond motifs is 5. The van der Waals surface area contributed by atoms with Crippen molar-refractivity contribution in [1.29, 1.82) is 0 Å². The van der Waals surface area contributed by atoms with Gasteiger partial charge in [-0.25, -0.2) is 14.8 Å². The first-order valence-electron chi connectivity index (χ1n) is 17.3. The lowest BCUT2D eigenvalue weighted by Crippen LogP contribution is -2.52. The van der Waals surface area contributed by atoms with Crippen LogP contribution in [0.3, 0.4) is 0 Å². The molecule has 3 heterocycles. The summed E-state index contributed by atoms with van der Waals surface area (Å²) in [5.74, 6) is -2.88. The number of carbonyl (C=O) groups is 4. The molecule has 2 bridgehead atoms. The van der Waals surface area contributed by atoms with Crippen LogP contribution >= 0.6 is 12.4 Å². The smallest absolute Gasteiger partial charge is 0.353 e. The topological polar surface area (TPSA) is 255 Å². The van der Waals surface area contributed by atoms with E-state index in [-0.39, 0.29) is 77.9 Å². The van der Waals surface area contributed by atoms with Crippen molar-refractivity contribution >= 4 is 53.2 Å². The molecule has 2 amide bonds. The van der Waals surface area contributed by atoms with Crippen molar-refractivity contribution in [2.45, 2.75) is 85.4 Å². The average Bonchev–Trinajstić information content (AvgIpc) is 3.59. The standard InChI is InChI=1S/C23H19N7O6.C13H23NO2.CH4.ClH/c24-15-17(19(32)18(15)31)29-4-3-11-2-1-10(5-12(11)8-29)7-26-22(34)13-6-14(23(35)36)30-9-27-16(20(25)33)21(30)28-13;1-3-16-11(15)13-7-4-12(5-8-13,6-9-13)10(2)14;;/h1-2,5-6,9H,3-4,7-8,24H2,(H2,25,33)(H,26,34)(H,35,36);10H,3-9,14H2,1-2H3;1H4;1H. The number of nitrogens with zero attached hydrogens (tertiary/aromatic N) is 4. The van der Waals surface area contributed by atoms with Crippen LogP contribution in [0, 0.1) is 10.8 Å². The molecule has 0 spiro atoms. The van der Waals surface area contributed by atoms with E-state index in [4.69, 9.17) is 21.9 Å². The number of aromatic carboxylic acids is 1. The molecule has 3 aliphatic carbocycles. The van der Waals surface area contributed by atoms with Gasteiger partial charge in [0.15, 0.2) is 11.3 Å². The van der Waals surface area contributed by atoms with Crippen LogP contribution in [-0.2, 0) is 29.0 Å². The number of amides is 2. The maximum atomic E-state index is 12.8. The Morgan fingerprint density at radius 2 is 1.70 bits per heavy atom. The highest BCUT2D eigenvalue weighted by Gasteiger charge is 2.54. The predicted molar refractivity (Wildman–Crippen MR) is 203 cm³/mol. The van der Waals surface area contributed by atoms with Crippen molar-refractivity contribution < 1.29 is 29.0 Å². The van der Waals surface area contributed by atoms with Crippen LogP contribution in [0.2, 0.25) is 0 Å². The number of primary amides is 1. The van der Waals surface area contributed by atoms with Gasteiger partial charge in [0.25, 0.3) is 22.7 Å². The van der Waals surface area contributed by atoms with E-state index < -0.39 is 28.6 Å². The van der Waals surface area contributed by atoms with Gasteiger partial charge in [0.05, 0.1) is 12.0 Å². The number of imidazole rings is 1. The lowest BCUT2D eigenvalue weighted by atomic mass is 9.52. The SMILES string of the molecule is C.CCOC(=O)C12CCC(C(C)N)(CC1)CC2.Cl.NC(=O)c1ncn2c(C(=O)O)cc(C(=O)NCc3ccc4c(c3)CN(c3c(N)c(=O)c3=O)CC4)nc12. The monoisotopic (exact) mass is 766 g/mol. The van der Waals surface area contributed by atoms with Gasteiger partial charge >= 0.3 is 11.9 Å². The summed E-state index contributed by atoms with van der Waals surface area (Å²) in [6, 6.07) is 7.00. The Morgan fingerprint density at radius 1 is 1.04 bits per heavy atom. The lowest BCUT2D eigenvalue weighted by molar-refractivity contribution is -0.166. The van der Waals surface area contributed by atoms with E-state index in [0.717, 1.165) is 72.0 Å². The number of ether oxygens (including phenoxy) is 1. The second-order valence-electron chi connectivity index (χ2n) is 14.0. The molecule has 290 valence electrons. The normalized spacial score (nSPS) is 20.4. The van der Waals surface area contributed by atoms with Crippen molar-refractivity contribution in [3.8, 4) is 0 Å². The van der Waals surface area contributed by atoms with Crippen LogP contribution < -0.4 is 38.3 Å². The molecule has 2 aromatic carbocycles. The Balaban J connectivity index is 0.000000304. The molecule has 16 nitrogen and oxygen atoms in total. The Hall–Kier alpha value is -5.35. The molecule has 8 rings (SSSR count). The minimum absolute atomic E-state index is 0. The van der Waals surface area contributed by atoms with Crippen molar-refractivity contribution in [2.24, 2.45) is 22.3 Å². The summed E-state index contributed by atoms with van der Waals surface area (Å²) in [5.41, 5.74) is 18.1. The number of anilines is 2. The Morgan fingerprint density at radius 3 is 2.28 bits per heavy atom. The van der Waals surface area contributed by atoms with Gasteiger partial charge in [0.2, 0.25) is 0 Å². The lowest BCUT2D eigenvalue weighted by Gasteiger charge is -2.53. The summed E-state index contributed by atoms with van der Waals surface area (Å²) in [5, 5.41) is 12.2. The molecule has 1 unspecified atom stereocenters. The van der Waals surface area contributed by atoms with Crippen LogP contribution in [0.1, 0.15) is 108 Å². The number of carboxylic acids is 1. The first-order chi connectivity index (χ1) is 24.7. The molecule has 0 radical (unpaired) electrons. The molecular formula is C37H47ClN8O8. The fraction of sp³-hybridized carbons (Fsp3) is 0.459. The summed E-state index contributed by atoms with van der Waals surface area (Å²) in [7, 11) is 0. The van der Waals surface area contributed by atoms with Gasteiger partial charge in [-0.05, 0) is 80.9 Å². The van der Waals surface area contributed by atoms with E-state index in [1.54, 1.807) is 4.90 Å². The minimum atomic E-state index is -1.34. The van der Waals surface area contributed by atoms with Crippen LogP contribution in [0.15, 0.2) is 40.2 Å². The third kappa shape index (κ3) is 7.40. The highest BCUT2D eigenvalue weighted by Crippen LogP contribution is 2.58. The van der Waals surface area contributed by atoms with Crippen molar-refractivity contribution in [1.82, 2.24) is 19.7 Å². The number of rotatable bonds is 9. The number of hydrogen-bond donors (Lipinski definition) is 5. The second-order valence-corrected chi connectivity index (χ2v) is 14.0. The molecule has 2 aromatic heterocycles. The number of esters is 1. The highest BCUT2D eigenvalue weighted by atomic mass is 35.5. The van der Waals surface area contributed by atoms with Crippen molar-refractivity contribution in [2.75, 3.05) is 23.8 Å². The van der Waals surface area contributed by atoms with E-state index in [1.165, 1.54) is 0 Å². The van der Waals surface area contributed by atoms with Gasteiger partial charge in [-0.2, -0.15) is 0 Å². The zero-order valence-corrected chi connectivity index (χ0v) is 30.3. The highest BCUT2D eigenvalue weighted by molar-refractivity contribution is 6.00. The Bertz CT molecular complexity index is 2150. The van der Waals surface area contributed by atoms with E-state index in [2.05, 4.69) is 22.2 Å². The average molecular weight is 767 g/mol. The van der Waals surface area contributed by atoms with E-state index in [9.17, 15) is 33.9 Å². The second kappa shape index (κ2) is 15.9. The van der Waals surface area contributed by atoms with Gasteiger partial charge in [-0.3, -0.25) is 28.4 Å². The quantitative estimate of drug-likeness (QED) is 0.121. The van der Waals surface area contributed by atoms with Crippen LogP contribution in [-0.4, -0.2) is 62.4 Å². The number of nitrogens with two attached hydrogens (primary N) is 3. The molecule has 1 aliphatic heterocycles. The molecule has 8 N–H and O–H groups in total. The predicted octanol–water partition coefficient (Wildman–Crippen LogP) is 2.49. The third-order valence-electron chi connectivity index (χ3n) is 11.1. The Kier molecular flexibility index (Phi) is 12.2. The first-order valence-corrected chi connectivity index (χ1v) is 17.3. The number of benzene rings is 1. The maximum Gasteiger partial charge on any atom is 0.353 e.